The molecule has 1 aliphatic heterocycles. The fraction of sp³-hybridized carbons (Fsp3) is 0.667. The summed E-state index contributed by atoms with van der Waals surface area (Å²) in [5, 5.41) is 3.24. The van der Waals surface area contributed by atoms with E-state index in [9.17, 15) is 9.59 Å². The maximum atomic E-state index is 13.6. The molecule has 3 aliphatic rings. The average Bonchev–Trinajstić information content (AvgIpc) is 2.81. The number of nitrogens with one attached hydrogen (secondary N) is 1. The molecule has 7 heteroatoms. The lowest BCUT2D eigenvalue weighted by molar-refractivity contribution is -0.168. The molecule has 1 unspecified atom stereocenters. The number of β-lactam (4-membered cyclic amide) rings is 1. The van der Waals surface area contributed by atoms with Crippen molar-refractivity contribution in [2.45, 2.75) is 75.9 Å². The van der Waals surface area contributed by atoms with Crippen LogP contribution in [-0.2, 0) is 9.59 Å². The molecule has 1 aromatic rings. The number of nitrogens with zero attached hydrogens (tertiary/aromatic N) is 1. The van der Waals surface area contributed by atoms with Gasteiger partial charge in [0.15, 0.2) is 11.5 Å². The number of likely N-dealkylation sites (tertiary alicyclic amines) is 1. The summed E-state index contributed by atoms with van der Waals surface area (Å²) in [4.78, 5) is 28.5. The van der Waals surface area contributed by atoms with Crippen LogP contribution in [0.5, 0.6) is 17.2 Å². The van der Waals surface area contributed by atoms with Crippen molar-refractivity contribution in [3.63, 3.8) is 0 Å². The van der Waals surface area contributed by atoms with Crippen LogP contribution in [0, 0.1) is 5.92 Å². The molecular formula is C24H34N2O5. The highest BCUT2D eigenvalue weighted by Gasteiger charge is 2.53. The van der Waals surface area contributed by atoms with Crippen LogP contribution < -0.4 is 19.5 Å². The van der Waals surface area contributed by atoms with Crippen LogP contribution in [0.2, 0.25) is 0 Å². The summed E-state index contributed by atoms with van der Waals surface area (Å²) >= 11 is 0. The number of amides is 2. The lowest BCUT2D eigenvalue weighted by atomic mass is 9.74. The third-order valence-corrected chi connectivity index (χ3v) is 7.14. The predicted molar refractivity (Wildman–Crippen MR) is 116 cm³/mol. The van der Waals surface area contributed by atoms with Crippen molar-refractivity contribution < 1.29 is 23.8 Å². The zero-order valence-corrected chi connectivity index (χ0v) is 18.8. The third kappa shape index (κ3) is 4.06. The standard InChI is InChI=1S/C24H34N2O5/c1-29-19-13-15(14-20(30-2)22(19)31-3)21(23(27)25-16-9-5-4-6-10-16)26-18-12-8-7-11-17(18)24(26)28/h13-14,16-18,21H,4-12H2,1-3H3,(H,25,27)/t17-,18+,21?/m1/s1. The summed E-state index contributed by atoms with van der Waals surface area (Å²) in [5.74, 6) is 1.48. The van der Waals surface area contributed by atoms with Crippen LogP contribution in [-0.4, -0.2) is 50.1 Å². The van der Waals surface area contributed by atoms with Gasteiger partial charge in [-0.25, -0.2) is 0 Å². The summed E-state index contributed by atoms with van der Waals surface area (Å²) in [7, 11) is 4.67. The fourth-order valence-corrected chi connectivity index (χ4v) is 5.55. The van der Waals surface area contributed by atoms with Gasteiger partial charge in [-0.2, -0.15) is 0 Å². The van der Waals surface area contributed by atoms with Crippen molar-refractivity contribution in [1.82, 2.24) is 10.2 Å². The summed E-state index contributed by atoms with van der Waals surface area (Å²) < 4.78 is 16.5. The van der Waals surface area contributed by atoms with Gasteiger partial charge in [0.1, 0.15) is 6.04 Å². The van der Waals surface area contributed by atoms with Crippen LogP contribution in [0.4, 0.5) is 0 Å². The molecule has 3 atom stereocenters. The SMILES string of the molecule is COc1cc(C(C(=O)NC2CCCCC2)N2C(=O)[C@@H]3CCCC[C@@H]32)cc(OC)c1OC. The van der Waals surface area contributed by atoms with E-state index in [-0.39, 0.29) is 29.8 Å². The second-order valence-corrected chi connectivity index (χ2v) is 8.91. The first-order valence-corrected chi connectivity index (χ1v) is 11.5. The van der Waals surface area contributed by atoms with Gasteiger partial charge in [-0.1, -0.05) is 32.1 Å². The number of methoxy groups -OCH3 is 3. The van der Waals surface area contributed by atoms with E-state index in [2.05, 4.69) is 5.32 Å². The van der Waals surface area contributed by atoms with Crippen molar-refractivity contribution in [3.05, 3.63) is 17.7 Å². The molecule has 0 bridgehead atoms. The van der Waals surface area contributed by atoms with Gasteiger partial charge in [0.2, 0.25) is 17.6 Å². The minimum Gasteiger partial charge on any atom is -0.493 e. The Kier molecular flexibility index (Phi) is 6.58. The molecule has 2 aliphatic carbocycles. The molecule has 7 nitrogen and oxygen atoms in total. The van der Waals surface area contributed by atoms with Gasteiger partial charge < -0.3 is 24.4 Å². The number of hydrogen-bond donors (Lipinski definition) is 1. The van der Waals surface area contributed by atoms with E-state index in [4.69, 9.17) is 14.2 Å². The highest BCUT2D eigenvalue weighted by molar-refractivity contribution is 5.94. The van der Waals surface area contributed by atoms with E-state index in [1.807, 2.05) is 4.90 Å². The van der Waals surface area contributed by atoms with Crippen molar-refractivity contribution in [1.29, 1.82) is 0 Å². The molecule has 1 N–H and O–H groups in total. The first-order valence-electron chi connectivity index (χ1n) is 11.5. The third-order valence-electron chi connectivity index (χ3n) is 7.14. The molecule has 2 saturated carbocycles. The second kappa shape index (κ2) is 9.37. The normalized spacial score (nSPS) is 24.6. The van der Waals surface area contributed by atoms with E-state index < -0.39 is 6.04 Å². The molecule has 2 amide bonds. The van der Waals surface area contributed by atoms with Crippen molar-refractivity contribution >= 4 is 11.8 Å². The number of fused-ring (bicyclic) bond motifs is 1. The largest absolute Gasteiger partial charge is 0.493 e. The quantitative estimate of drug-likeness (QED) is 0.669. The highest BCUT2D eigenvalue weighted by atomic mass is 16.5. The Balaban J connectivity index is 1.70. The van der Waals surface area contributed by atoms with E-state index in [1.165, 1.54) is 6.42 Å². The number of carbonyl (C=O) groups is 2. The van der Waals surface area contributed by atoms with Crippen molar-refractivity contribution in [2.24, 2.45) is 5.92 Å². The van der Waals surface area contributed by atoms with Crippen molar-refractivity contribution in [3.8, 4) is 17.2 Å². The van der Waals surface area contributed by atoms with Crippen molar-refractivity contribution in [2.75, 3.05) is 21.3 Å². The zero-order valence-electron chi connectivity index (χ0n) is 18.8. The van der Waals surface area contributed by atoms with Gasteiger partial charge in [-0.15, -0.1) is 0 Å². The summed E-state index contributed by atoms with van der Waals surface area (Å²) in [5.41, 5.74) is 0.695. The smallest absolute Gasteiger partial charge is 0.247 e. The Hall–Kier alpha value is -2.44. The average molecular weight is 431 g/mol. The maximum absolute atomic E-state index is 13.6. The monoisotopic (exact) mass is 430 g/mol. The van der Waals surface area contributed by atoms with Crippen LogP contribution >= 0.6 is 0 Å². The first kappa shape index (κ1) is 21.8. The van der Waals surface area contributed by atoms with Crippen LogP contribution in [0.25, 0.3) is 0 Å². The fourth-order valence-electron chi connectivity index (χ4n) is 5.55. The Morgan fingerprint density at radius 3 is 2.16 bits per heavy atom. The Bertz CT molecular complexity index is 795. The van der Waals surface area contributed by atoms with Crippen LogP contribution in [0.1, 0.15) is 69.4 Å². The summed E-state index contributed by atoms with van der Waals surface area (Å²) in [6.45, 7) is 0. The van der Waals surface area contributed by atoms with Gasteiger partial charge in [0.05, 0.1) is 27.2 Å². The highest BCUT2D eigenvalue weighted by Crippen LogP contribution is 2.46. The lowest BCUT2D eigenvalue weighted by Gasteiger charge is -2.53. The molecule has 1 heterocycles. The number of benzene rings is 1. The van der Waals surface area contributed by atoms with Gasteiger partial charge in [0, 0.05) is 12.1 Å². The molecule has 4 rings (SSSR count). The molecule has 0 radical (unpaired) electrons. The second-order valence-electron chi connectivity index (χ2n) is 8.91. The van der Waals surface area contributed by atoms with Gasteiger partial charge in [-0.3, -0.25) is 9.59 Å². The van der Waals surface area contributed by atoms with Crippen LogP contribution in [0.3, 0.4) is 0 Å². The summed E-state index contributed by atoms with van der Waals surface area (Å²) in [6, 6.07) is 3.21. The zero-order chi connectivity index (χ0) is 22.0. The molecule has 3 fully saturated rings. The lowest BCUT2D eigenvalue weighted by Crippen LogP contribution is -2.65. The van der Waals surface area contributed by atoms with Crippen LogP contribution in [0.15, 0.2) is 12.1 Å². The van der Waals surface area contributed by atoms with E-state index >= 15 is 0 Å². The Morgan fingerprint density at radius 1 is 0.935 bits per heavy atom. The van der Waals surface area contributed by atoms with Gasteiger partial charge in [-0.05, 0) is 43.4 Å². The molecule has 170 valence electrons. The molecule has 0 spiro atoms. The minimum atomic E-state index is -0.692. The molecule has 1 aromatic carbocycles. The number of ether oxygens (including phenoxy) is 3. The molecule has 1 saturated heterocycles. The van der Waals surface area contributed by atoms with Gasteiger partial charge >= 0.3 is 0 Å². The molecule has 31 heavy (non-hydrogen) atoms. The Labute approximate surface area is 184 Å². The minimum absolute atomic E-state index is 0.0563. The maximum Gasteiger partial charge on any atom is 0.247 e. The first-order chi connectivity index (χ1) is 15.1. The molecular weight excluding hydrogens is 396 g/mol. The molecule has 0 aromatic heterocycles. The van der Waals surface area contributed by atoms with E-state index in [0.29, 0.717) is 22.8 Å². The Morgan fingerprint density at radius 2 is 1.55 bits per heavy atom. The number of hydrogen-bond acceptors (Lipinski definition) is 5. The predicted octanol–water partition coefficient (Wildman–Crippen LogP) is 3.60. The number of carbonyl (C=O) groups excluding carboxylic acids is 2. The van der Waals surface area contributed by atoms with E-state index in [0.717, 1.165) is 51.4 Å². The van der Waals surface area contributed by atoms with E-state index in [1.54, 1.807) is 33.5 Å². The number of rotatable bonds is 7. The summed E-state index contributed by atoms with van der Waals surface area (Å²) in [6.07, 6.45) is 9.53. The van der Waals surface area contributed by atoms with Gasteiger partial charge in [0.25, 0.3) is 0 Å². The topological polar surface area (TPSA) is 77.1 Å².